The van der Waals surface area contributed by atoms with E-state index in [1.807, 2.05) is 14.0 Å². The van der Waals surface area contributed by atoms with Crippen LogP contribution in [0.25, 0.3) is 5.57 Å². The van der Waals surface area contributed by atoms with Gasteiger partial charge >= 0.3 is 0 Å². The minimum absolute atomic E-state index is 0.623. The summed E-state index contributed by atoms with van der Waals surface area (Å²) < 4.78 is 2.41. The van der Waals surface area contributed by atoms with Crippen LogP contribution in [0.2, 0.25) is 0 Å². The van der Waals surface area contributed by atoms with E-state index in [1.165, 1.54) is 0 Å². The molecular formula is C6H9N3S. The van der Waals surface area contributed by atoms with Gasteiger partial charge in [-0.05, 0) is 24.7 Å². The maximum absolute atomic E-state index is 4.90. The lowest BCUT2D eigenvalue weighted by Gasteiger charge is -1.95. The van der Waals surface area contributed by atoms with E-state index in [4.69, 9.17) is 12.2 Å². The minimum atomic E-state index is 0.623. The van der Waals surface area contributed by atoms with Gasteiger partial charge < -0.3 is 4.57 Å². The van der Waals surface area contributed by atoms with Gasteiger partial charge in [0.2, 0.25) is 0 Å². The Labute approximate surface area is 64.4 Å². The lowest BCUT2D eigenvalue weighted by molar-refractivity contribution is 0.874. The SMILES string of the molecule is C=C(C)c1n[nH]c(=S)n1C. The Hall–Kier alpha value is -0.900. The minimum Gasteiger partial charge on any atom is -0.304 e. The number of hydrogen-bond acceptors (Lipinski definition) is 2. The van der Waals surface area contributed by atoms with Crippen molar-refractivity contribution in [2.45, 2.75) is 6.92 Å². The van der Waals surface area contributed by atoms with Crippen LogP contribution in [0.3, 0.4) is 0 Å². The zero-order chi connectivity index (χ0) is 7.72. The molecule has 0 radical (unpaired) electrons. The molecule has 3 nitrogen and oxygen atoms in total. The molecule has 0 aromatic carbocycles. The van der Waals surface area contributed by atoms with Crippen molar-refractivity contribution in [3.63, 3.8) is 0 Å². The van der Waals surface area contributed by atoms with Crippen LogP contribution in [0.15, 0.2) is 6.58 Å². The van der Waals surface area contributed by atoms with Gasteiger partial charge in [0.25, 0.3) is 0 Å². The van der Waals surface area contributed by atoms with Gasteiger partial charge in [-0.3, -0.25) is 5.10 Å². The fourth-order valence-electron chi connectivity index (χ4n) is 0.729. The Kier molecular flexibility index (Phi) is 1.72. The number of hydrogen-bond donors (Lipinski definition) is 1. The molecule has 0 saturated heterocycles. The van der Waals surface area contributed by atoms with Crippen molar-refractivity contribution in [2.24, 2.45) is 7.05 Å². The first kappa shape index (κ1) is 7.21. The Morgan fingerprint density at radius 1 is 1.80 bits per heavy atom. The van der Waals surface area contributed by atoms with Crippen molar-refractivity contribution in [3.8, 4) is 0 Å². The fourth-order valence-corrected chi connectivity index (χ4v) is 0.861. The summed E-state index contributed by atoms with van der Waals surface area (Å²) in [5, 5.41) is 6.63. The standard InChI is InChI=1S/C6H9N3S/c1-4(2)5-7-8-6(10)9(5)3/h1H2,2-3H3,(H,8,10). The molecule has 54 valence electrons. The van der Waals surface area contributed by atoms with E-state index in [9.17, 15) is 0 Å². The predicted octanol–water partition coefficient (Wildman–Crippen LogP) is 1.51. The molecule has 4 heteroatoms. The number of H-pyrrole nitrogens is 1. The molecule has 1 aromatic rings. The quantitative estimate of drug-likeness (QED) is 0.624. The molecule has 0 bridgehead atoms. The van der Waals surface area contributed by atoms with Gasteiger partial charge in [-0.1, -0.05) is 6.58 Å². The van der Waals surface area contributed by atoms with Gasteiger partial charge in [0.05, 0.1) is 0 Å². The van der Waals surface area contributed by atoms with Crippen LogP contribution >= 0.6 is 12.2 Å². The van der Waals surface area contributed by atoms with E-state index < -0.39 is 0 Å². The molecule has 1 rings (SSSR count). The summed E-state index contributed by atoms with van der Waals surface area (Å²) in [6.45, 7) is 5.64. The predicted molar refractivity (Wildman–Crippen MR) is 43.1 cm³/mol. The molecule has 1 aromatic heterocycles. The highest BCUT2D eigenvalue weighted by molar-refractivity contribution is 7.71. The van der Waals surface area contributed by atoms with Crippen molar-refractivity contribution in [1.29, 1.82) is 0 Å². The molecule has 0 amide bonds. The highest BCUT2D eigenvalue weighted by Gasteiger charge is 1.99. The van der Waals surface area contributed by atoms with Crippen molar-refractivity contribution >= 4 is 17.8 Å². The lowest BCUT2D eigenvalue weighted by atomic mass is 10.3. The zero-order valence-corrected chi connectivity index (χ0v) is 6.83. The second kappa shape index (κ2) is 2.38. The average Bonchev–Trinajstić information content (AvgIpc) is 2.14. The maximum atomic E-state index is 4.90. The number of aromatic nitrogens is 3. The number of nitrogens with one attached hydrogen (secondary N) is 1. The normalized spacial score (nSPS) is 9.80. The van der Waals surface area contributed by atoms with E-state index >= 15 is 0 Å². The molecule has 1 heterocycles. The molecule has 10 heavy (non-hydrogen) atoms. The van der Waals surface area contributed by atoms with Gasteiger partial charge in [0.1, 0.15) is 0 Å². The highest BCUT2D eigenvalue weighted by Crippen LogP contribution is 2.05. The Morgan fingerprint density at radius 2 is 2.40 bits per heavy atom. The van der Waals surface area contributed by atoms with Crippen LogP contribution in [0.4, 0.5) is 0 Å². The summed E-state index contributed by atoms with van der Waals surface area (Å²) in [6.07, 6.45) is 0. The third-order valence-corrected chi connectivity index (χ3v) is 1.63. The molecule has 0 fully saturated rings. The monoisotopic (exact) mass is 155 g/mol. The maximum Gasteiger partial charge on any atom is 0.195 e. The Balaban J connectivity index is 3.31. The number of aromatic amines is 1. The molecule has 0 unspecified atom stereocenters. The van der Waals surface area contributed by atoms with Crippen molar-refractivity contribution in [3.05, 3.63) is 17.2 Å². The van der Waals surface area contributed by atoms with Gasteiger partial charge in [0, 0.05) is 7.05 Å². The van der Waals surface area contributed by atoms with Crippen LogP contribution in [0.5, 0.6) is 0 Å². The van der Waals surface area contributed by atoms with Crippen LogP contribution in [0, 0.1) is 4.77 Å². The van der Waals surface area contributed by atoms with Gasteiger partial charge in [-0.2, -0.15) is 5.10 Å². The van der Waals surface area contributed by atoms with Gasteiger partial charge in [-0.15, -0.1) is 0 Å². The van der Waals surface area contributed by atoms with Gasteiger partial charge in [-0.25, -0.2) is 0 Å². The molecule has 0 spiro atoms. The number of allylic oxidation sites excluding steroid dienone is 1. The molecular weight excluding hydrogens is 146 g/mol. The molecule has 0 saturated carbocycles. The van der Waals surface area contributed by atoms with Crippen LogP contribution in [-0.4, -0.2) is 14.8 Å². The Morgan fingerprint density at radius 3 is 2.60 bits per heavy atom. The summed E-state index contributed by atoms with van der Waals surface area (Å²) in [4.78, 5) is 0. The number of nitrogens with zero attached hydrogens (tertiary/aromatic N) is 2. The largest absolute Gasteiger partial charge is 0.304 e. The van der Waals surface area contributed by atoms with E-state index in [2.05, 4.69) is 16.8 Å². The fraction of sp³-hybridized carbons (Fsp3) is 0.333. The molecule has 0 aliphatic rings. The smallest absolute Gasteiger partial charge is 0.195 e. The zero-order valence-electron chi connectivity index (χ0n) is 6.01. The third-order valence-electron chi connectivity index (χ3n) is 1.26. The van der Waals surface area contributed by atoms with E-state index in [1.54, 1.807) is 4.57 Å². The van der Waals surface area contributed by atoms with Crippen LogP contribution in [0.1, 0.15) is 12.7 Å². The topological polar surface area (TPSA) is 33.6 Å². The first-order chi connectivity index (χ1) is 4.63. The molecule has 0 aliphatic carbocycles. The molecule has 0 aliphatic heterocycles. The molecule has 0 atom stereocenters. The van der Waals surface area contributed by atoms with Crippen LogP contribution < -0.4 is 0 Å². The summed E-state index contributed by atoms with van der Waals surface area (Å²) in [5.41, 5.74) is 0.912. The van der Waals surface area contributed by atoms with Crippen molar-refractivity contribution in [1.82, 2.24) is 14.8 Å². The van der Waals surface area contributed by atoms with Crippen molar-refractivity contribution < 1.29 is 0 Å². The third kappa shape index (κ3) is 1.02. The number of rotatable bonds is 1. The van der Waals surface area contributed by atoms with E-state index in [0.29, 0.717) is 4.77 Å². The highest BCUT2D eigenvalue weighted by atomic mass is 32.1. The van der Waals surface area contributed by atoms with Crippen molar-refractivity contribution in [2.75, 3.05) is 0 Å². The first-order valence-corrected chi connectivity index (χ1v) is 3.31. The summed E-state index contributed by atoms with van der Waals surface area (Å²) >= 11 is 4.90. The Bertz CT molecular complexity index is 307. The molecule has 1 N–H and O–H groups in total. The average molecular weight is 155 g/mol. The second-order valence-corrected chi connectivity index (χ2v) is 2.58. The van der Waals surface area contributed by atoms with E-state index in [-0.39, 0.29) is 0 Å². The van der Waals surface area contributed by atoms with E-state index in [0.717, 1.165) is 11.4 Å². The first-order valence-electron chi connectivity index (χ1n) is 2.90. The second-order valence-electron chi connectivity index (χ2n) is 2.19. The lowest BCUT2D eigenvalue weighted by Crippen LogP contribution is -1.93. The van der Waals surface area contributed by atoms with Gasteiger partial charge in [0.15, 0.2) is 10.6 Å². The summed E-state index contributed by atoms with van der Waals surface area (Å²) in [7, 11) is 1.86. The van der Waals surface area contributed by atoms with Crippen LogP contribution in [-0.2, 0) is 7.05 Å². The summed E-state index contributed by atoms with van der Waals surface area (Å²) in [5.74, 6) is 0.810. The summed E-state index contributed by atoms with van der Waals surface area (Å²) in [6, 6.07) is 0.